The van der Waals surface area contributed by atoms with E-state index in [1.54, 1.807) is 18.4 Å². The fourth-order valence-corrected chi connectivity index (χ4v) is 2.48. The summed E-state index contributed by atoms with van der Waals surface area (Å²) in [7, 11) is 0. The van der Waals surface area contributed by atoms with Gasteiger partial charge in [0.15, 0.2) is 5.76 Å². The van der Waals surface area contributed by atoms with E-state index in [9.17, 15) is 4.79 Å². The summed E-state index contributed by atoms with van der Waals surface area (Å²) in [6, 6.07) is 3.53. The van der Waals surface area contributed by atoms with Crippen molar-refractivity contribution in [1.29, 1.82) is 0 Å². The van der Waals surface area contributed by atoms with Crippen molar-refractivity contribution in [2.24, 2.45) is 0 Å². The summed E-state index contributed by atoms with van der Waals surface area (Å²) in [5.41, 5.74) is 0. The normalized spacial score (nSPS) is 10.8. The molecule has 1 aromatic rings. The molecule has 120 valence electrons. The second-order valence-electron chi connectivity index (χ2n) is 5.74. The van der Waals surface area contributed by atoms with Gasteiger partial charge in [-0.3, -0.25) is 4.79 Å². The third-order valence-corrected chi connectivity index (χ3v) is 3.83. The van der Waals surface area contributed by atoms with Gasteiger partial charge in [0.25, 0.3) is 5.91 Å². The van der Waals surface area contributed by atoms with Gasteiger partial charge >= 0.3 is 0 Å². The van der Waals surface area contributed by atoms with E-state index in [2.05, 4.69) is 13.8 Å². The van der Waals surface area contributed by atoms with E-state index in [0.717, 1.165) is 32.4 Å². The lowest BCUT2D eigenvalue weighted by Crippen LogP contribution is -2.32. The molecule has 3 nitrogen and oxygen atoms in total. The standard InChI is InChI=1S/C18H31NO2/c1-3-5-7-8-9-10-11-15-19(14-6-4-2)18(20)17-13-12-16-21-17/h12-13,16H,3-11,14-15H2,1-2H3. The number of carbonyl (C=O) groups is 1. The first kappa shape index (κ1) is 17.8. The van der Waals surface area contributed by atoms with Crippen molar-refractivity contribution in [3.8, 4) is 0 Å². The van der Waals surface area contributed by atoms with Crippen LogP contribution in [0.3, 0.4) is 0 Å². The van der Waals surface area contributed by atoms with Gasteiger partial charge in [-0.2, -0.15) is 0 Å². The lowest BCUT2D eigenvalue weighted by molar-refractivity contribution is 0.0718. The maximum Gasteiger partial charge on any atom is 0.289 e. The van der Waals surface area contributed by atoms with Crippen molar-refractivity contribution in [2.45, 2.75) is 71.6 Å². The summed E-state index contributed by atoms with van der Waals surface area (Å²) < 4.78 is 5.24. The van der Waals surface area contributed by atoms with Crippen LogP contribution in [0.2, 0.25) is 0 Å². The minimum Gasteiger partial charge on any atom is -0.459 e. The fourth-order valence-electron chi connectivity index (χ4n) is 2.48. The molecule has 0 aliphatic carbocycles. The Kier molecular flexibility index (Phi) is 9.68. The molecule has 0 aromatic carbocycles. The largest absolute Gasteiger partial charge is 0.459 e. The van der Waals surface area contributed by atoms with Crippen molar-refractivity contribution >= 4 is 5.91 Å². The van der Waals surface area contributed by atoms with Crippen LogP contribution in [0.4, 0.5) is 0 Å². The zero-order valence-corrected chi connectivity index (χ0v) is 13.8. The maximum absolute atomic E-state index is 12.3. The molecule has 0 fully saturated rings. The first-order valence-electron chi connectivity index (χ1n) is 8.62. The second-order valence-corrected chi connectivity index (χ2v) is 5.74. The first-order chi connectivity index (χ1) is 10.3. The van der Waals surface area contributed by atoms with Crippen LogP contribution in [0.15, 0.2) is 22.8 Å². The lowest BCUT2D eigenvalue weighted by Gasteiger charge is -2.21. The molecule has 0 spiro atoms. The lowest BCUT2D eigenvalue weighted by atomic mass is 10.1. The Morgan fingerprint density at radius 3 is 2.19 bits per heavy atom. The number of amides is 1. The van der Waals surface area contributed by atoms with Gasteiger partial charge in [-0.15, -0.1) is 0 Å². The number of furan rings is 1. The highest BCUT2D eigenvalue weighted by atomic mass is 16.3. The Labute approximate surface area is 129 Å². The van der Waals surface area contributed by atoms with E-state index >= 15 is 0 Å². The van der Waals surface area contributed by atoms with Crippen LogP contribution in [0.5, 0.6) is 0 Å². The molecular weight excluding hydrogens is 262 g/mol. The van der Waals surface area contributed by atoms with E-state index in [1.807, 2.05) is 4.90 Å². The topological polar surface area (TPSA) is 33.5 Å². The molecule has 0 unspecified atom stereocenters. The van der Waals surface area contributed by atoms with Crippen LogP contribution in [0.25, 0.3) is 0 Å². The van der Waals surface area contributed by atoms with Gasteiger partial charge in [-0.1, -0.05) is 58.8 Å². The molecule has 0 bridgehead atoms. The highest BCUT2D eigenvalue weighted by Crippen LogP contribution is 2.11. The maximum atomic E-state index is 12.3. The van der Waals surface area contributed by atoms with Gasteiger partial charge < -0.3 is 9.32 Å². The molecule has 21 heavy (non-hydrogen) atoms. The highest BCUT2D eigenvalue weighted by Gasteiger charge is 2.17. The van der Waals surface area contributed by atoms with Crippen LogP contribution in [0.1, 0.15) is 82.2 Å². The van der Waals surface area contributed by atoms with Crippen molar-refractivity contribution in [3.63, 3.8) is 0 Å². The van der Waals surface area contributed by atoms with E-state index in [0.29, 0.717) is 5.76 Å². The summed E-state index contributed by atoms with van der Waals surface area (Å²) in [5.74, 6) is 0.508. The van der Waals surface area contributed by atoms with Crippen LogP contribution in [-0.2, 0) is 0 Å². The molecule has 1 aromatic heterocycles. The van der Waals surface area contributed by atoms with Crippen LogP contribution in [-0.4, -0.2) is 23.9 Å². The van der Waals surface area contributed by atoms with Gasteiger partial charge in [0, 0.05) is 13.1 Å². The van der Waals surface area contributed by atoms with Gasteiger partial charge in [0.2, 0.25) is 0 Å². The molecule has 1 amide bonds. The van der Waals surface area contributed by atoms with E-state index in [-0.39, 0.29) is 5.91 Å². The second kappa shape index (κ2) is 11.4. The molecule has 0 saturated carbocycles. The Morgan fingerprint density at radius 2 is 1.57 bits per heavy atom. The Balaban J connectivity index is 2.28. The molecule has 1 rings (SSSR count). The molecule has 0 radical (unpaired) electrons. The monoisotopic (exact) mass is 293 g/mol. The third-order valence-electron chi connectivity index (χ3n) is 3.83. The average molecular weight is 293 g/mol. The molecule has 0 N–H and O–H groups in total. The summed E-state index contributed by atoms with van der Waals surface area (Å²) in [5, 5.41) is 0. The van der Waals surface area contributed by atoms with Gasteiger partial charge in [0.05, 0.1) is 6.26 Å². The predicted octanol–water partition coefficient (Wildman–Crippen LogP) is 5.27. The SMILES string of the molecule is CCCCCCCCCN(CCCC)C(=O)c1ccco1. The van der Waals surface area contributed by atoms with Crippen LogP contribution < -0.4 is 0 Å². The minimum absolute atomic E-state index is 0.0411. The zero-order chi connectivity index (χ0) is 15.3. The Bertz CT molecular complexity index is 359. The van der Waals surface area contributed by atoms with Crippen molar-refractivity contribution in [2.75, 3.05) is 13.1 Å². The van der Waals surface area contributed by atoms with Gasteiger partial charge in [0.1, 0.15) is 0 Å². The molecule has 0 atom stereocenters. The molecule has 0 saturated heterocycles. The molecular formula is C18H31NO2. The zero-order valence-electron chi connectivity index (χ0n) is 13.8. The molecule has 3 heteroatoms. The summed E-state index contributed by atoms with van der Waals surface area (Å²) in [6.45, 7) is 6.09. The van der Waals surface area contributed by atoms with Crippen LogP contribution >= 0.6 is 0 Å². The van der Waals surface area contributed by atoms with Gasteiger partial charge in [-0.25, -0.2) is 0 Å². The number of rotatable bonds is 12. The summed E-state index contributed by atoms with van der Waals surface area (Å²) in [6.07, 6.45) is 12.7. The van der Waals surface area contributed by atoms with Crippen molar-refractivity contribution in [1.82, 2.24) is 4.90 Å². The Morgan fingerprint density at radius 1 is 0.952 bits per heavy atom. The highest BCUT2D eigenvalue weighted by molar-refractivity contribution is 5.91. The van der Waals surface area contributed by atoms with Crippen LogP contribution in [0, 0.1) is 0 Å². The van der Waals surface area contributed by atoms with Crippen molar-refractivity contribution < 1.29 is 9.21 Å². The predicted molar refractivity (Wildman–Crippen MR) is 87.5 cm³/mol. The minimum atomic E-state index is 0.0411. The van der Waals surface area contributed by atoms with E-state index in [4.69, 9.17) is 4.42 Å². The summed E-state index contributed by atoms with van der Waals surface area (Å²) in [4.78, 5) is 14.3. The average Bonchev–Trinajstić information content (AvgIpc) is 3.03. The number of carbonyl (C=O) groups excluding carboxylic acids is 1. The van der Waals surface area contributed by atoms with Gasteiger partial charge in [-0.05, 0) is 25.0 Å². The molecule has 0 aliphatic heterocycles. The smallest absolute Gasteiger partial charge is 0.289 e. The first-order valence-corrected chi connectivity index (χ1v) is 8.62. The third kappa shape index (κ3) is 7.35. The number of unbranched alkanes of at least 4 members (excludes halogenated alkanes) is 7. The summed E-state index contributed by atoms with van der Waals surface area (Å²) >= 11 is 0. The Hall–Kier alpha value is -1.25. The number of hydrogen-bond acceptors (Lipinski definition) is 2. The number of nitrogens with zero attached hydrogens (tertiary/aromatic N) is 1. The van der Waals surface area contributed by atoms with Crippen molar-refractivity contribution in [3.05, 3.63) is 24.2 Å². The van der Waals surface area contributed by atoms with E-state index < -0.39 is 0 Å². The number of hydrogen-bond donors (Lipinski definition) is 0. The van der Waals surface area contributed by atoms with E-state index in [1.165, 1.54) is 38.5 Å². The molecule has 0 aliphatic rings. The molecule has 1 heterocycles. The quantitative estimate of drug-likeness (QED) is 0.492. The fraction of sp³-hybridized carbons (Fsp3) is 0.722.